The highest BCUT2D eigenvalue weighted by atomic mass is 32.1. The standard InChI is InChI=1S/C25H30N2O5S/c1-2-3-14-32-19-8-6-18(7-9-19)22-21(23(28)20-5-4-17-33-20)24(29)25(30)27(22)11-10-26-12-15-31-16-13-26/h4-9,17,22,29H,2-3,10-16H2,1H3/t22-/m1/s1. The second-order valence-electron chi connectivity index (χ2n) is 8.19. The fraction of sp³-hybridized carbons (Fsp3) is 0.440. The van der Waals surface area contributed by atoms with Crippen LogP contribution >= 0.6 is 11.3 Å². The highest BCUT2D eigenvalue weighted by Crippen LogP contribution is 2.39. The topological polar surface area (TPSA) is 79.3 Å². The quantitative estimate of drug-likeness (QED) is 0.420. The molecule has 0 saturated carbocycles. The average molecular weight is 471 g/mol. The van der Waals surface area contributed by atoms with E-state index in [0.717, 1.165) is 37.2 Å². The summed E-state index contributed by atoms with van der Waals surface area (Å²) in [5.74, 6) is -0.520. The molecule has 1 saturated heterocycles. The van der Waals surface area contributed by atoms with Gasteiger partial charge < -0.3 is 19.5 Å². The Hall–Kier alpha value is -2.68. The first-order valence-electron chi connectivity index (χ1n) is 11.4. The van der Waals surface area contributed by atoms with Crippen LogP contribution in [0.1, 0.15) is 41.0 Å². The first kappa shape index (κ1) is 23.5. The number of aliphatic hydroxyl groups excluding tert-OH is 1. The van der Waals surface area contributed by atoms with Gasteiger partial charge in [-0.1, -0.05) is 31.5 Å². The monoisotopic (exact) mass is 470 g/mol. The van der Waals surface area contributed by atoms with Crippen molar-refractivity contribution in [1.29, 1.82) is 0 Å². The summed E-state index contributed by atoms with van der Waals surface area (Å²) in [7, 11) is 0. The molecular weight excluding hydrogens is 440 g/mol. The molecule has 1 aromatic heterocycles. The number of rotatable bonds is 10. The van der Waals surface area contributed by atoms with Gasteiger partial charge in [0, 0.05) is 26.2 Å². The van der Waals surface area contributed by atoms with Crippen molar-refractivity contribution in [1.82, 2.24) is 9.80 Å². The van der Waals surface area contributed by atoms with E-state index >= 15 is 0 Å². The summed E-state index contributed by atoms with van der Waals surface area (Å²) in [5.41, 5.74) is 0.918. The van der Waals surface area contributed by atoms with Crippen molar-refractivity contribution < 1.29 is 24.2 Å². The second kappa shape index (κ2) is 11.0. The number of morpholine rings is 1. The molecule has 0 bridgehead atoms. The number of ether oxygens (including phenoxy) is 2. The van der Waals surface area contributed by atoms with Gasteiger partial charge >= 0.3 is 0 Å². The van der Waals surface area contributed by atoms with Gasteiger partial charge in [-0.25, -0.2) is 0 Å². The van der Waals surface area contributed by atoms with Gasteiger partial charge in [-0.2, -0.15) is 0 Å². The number of nitrogens with zero attached hydrogens (tertiary/aromatic N) is 2. The molecule has 1 aromatic carbocycles. The molecule has 7 nitrogen and oxygen atoms in total. The lowest BCUT2D eigenvalue weighted by Gasteiger charge is -2.31. The van der Waals surface area contributed by atoms with Crippen LogP contribution in [0.25, 0.3) is 0 Å². The van der Waals surface area contributed by atoms with Crippen LogP contribution in [-0.4, -0.2) is 72.6 Å². The Morgan fingerprint density at radius 3 is 2.61 bits per heavy atom. The van der Waals surface area contributed by atoms with Crippen LogP contribution in [0, 0.1) is 0 Å². The molecule has 2 aliphatic heterocycles. The van der Waals surface area contributed by atoms with E-state index in [1.807, 2.05) is 29.6 Å². The Balaban J connectivity index is 1.60. The number of hydrogen-bond donors (Lipinski definition) is 1. The number of aliphatic hydroxyl groups is 1. The van der Waals surface area contributed by atoms with E-state index in [0.29, 0.717) is 37.8 Å². The van der Waals surface area contributed by atoms with E-state index in [2.05, 4.69) is 11.8 Å². The van der Waals surface area contributed by atoms with E-state index < -0.39 is 17.7 Å². The fourth-order valence-electron chi connectivity index (χ4n) is 4.16. The van der Waals surface area contributed by atoms with Crippen molar-refractivity contribution in [2.24, 2.45) is 0 Å². The van der Waals surface area contributed by atoms with E-state index in [4.69, 9.17) is 9.47 Å². The average Bonchev–Trinajstić information content (AvgIpc) is 3.46. The summed E-state index contributed by atoms with van der Waals surface area (Å²) < 4.78 is 11.2. The van der Waals surface area contributed by atoms with Gasteiger partial charge in [0.05, 0.1) is 36.3 Å². The van der Waals surface area contributed by atoms with Crippen molar-refractivity contribution >= 4 is 23.0 Å². The highest BCUT2D eigenvalue weighted by Gasteiger charge is 2.43. The third-order valence-electron chi connectivity index (χ3n) is 6.02. The van der Waals surface area contributed by atoms with Crippen molar-refractivity contribution in [3.63, 3.8) is 0 Å². The number of thiophene rings is 1. The number of Topliss-reactive ketones (excluding diaryl/α,β-unsaturated/α-hetero) is 1. The van der Waals surface area contributed by atoms with E-state index in [1.54, 1.807) is 17.0 Å². The van der Waals surface area contributed by atoms with Gasteiger partial charge in [-0.3, -0.25) is 14.5 Å². The van der Waals surface area contributed by atoms with Gasteiger partial charge in [0.15, 0.2) is 5.76 Å². The first-order valence-corrected chi connectivity index (χ1v) is 12.3. The van der Waals surface area contributed by atoms with Gasteiger partial charge in [-0.05, 0) is 35.6 Å². The molecule has 1 fully saturated rings. The number of hydrogen-bond acceptors (Lipinski definition) is 7. The molecule has 1 amide bonds. The smallest absolute Gasteiger partial charge is 0.290 e. The predicted octanol–water partition coefficient (Wildman–Crippen LogP) is 3.84. The molecule has 8 heteroatoms. The number of carbonyl (C=O) groups excluding carboxylic acids is 2. The largest absolute Gasteiger partial charge is 0.503 e. The number of carbonyl (C=O) groups is 2. The van der Waals surface area contributed by atoms with Crippen LogP contribution < -0.4 is 4.74 Å². The molecule has 0 aliphatic carbocycles. The molecule has 33 heavy (non-hydrogen) atoms. The van der Waals surface area contributed by atoms with Crippen LogP contribution in [0.5, 0.6) is 5.75 Å². The minimum absolute atomic E-state index is 0.143. The number of benzene rings is 1. The minimum atomic E-state index is -0.641. The lowest BCUT2D eigenvalue weighted by atomic mass is 9.95. The van der Waals surface area contributed by atoms with Gasteiger partial charge in [0.2, 0.25) is 5.78 Å². The molecule has 3 heterocycles. The lowest BCUT2D eigenvalue weighted by molar-refractivity contribution is -0.129. The Kier molecular flexibility index (Phi) is 7.80. The van der Waals surface area contributed by atoms with E-state index in [9.17, 15) is 14.7 Å². The van der Waals surface area contributed by atoms with Crippen LogP contribution in [0.2, 0.25) is 0 Å². The molecule has 1 atom stereocenters. The zero-order valence-electron chi connectivity index (χ0n) is 18.9. The summed E-state index contributed by atoms with van der Waals surface area (Å²) in [4.78, 5) is 30.7. The second-order valence-corrected chi connectivity index (χ2v) is 9.14. The maximum atomic E-state index is 13.3. The predicted molar refractivity (Wildman–Crippen MR) is 127 cm³/mol. The Bertz CT molecular complexity index is 981. The first-order chi connectivity index (χ1) is 16.1. The summed E-state index contributed by atoms with van der Waals surface area (Å²) >= 11 is 1.30. The van der Waals surface area contributed by atoms with Crippen LogP contribution in [-0.2, 0) is 9.53 Å². The minimum Gasteiger partial charge on any atom is -0.503 e. The number of unbranched alkanes of at least 4 members (excludes halogenated alkanes) is 1. The third kappa shape index (κ3) is 5.29. The summed E-state index contributed by atoms with van der Waals surface area (Å²) in [6.45, 7) is 6.76. The fourth-order valence-corrected chi connectivity index (χ4v) is 4.84. The molecule has 0 radical (unpaired) electrons. The van der Waals surface area contributed by atoms with Crippen molar-refractivity contribution in [3.05, 3.63) is 63.6 Å². The van der Waals surface area contributed by atoms with Crippen LogP contribution in [0.3, 0.4) is 0 Å². The van der Waals surface area contributed by atoms with Gasteiger partial charge in [0.25, 0.3) is 5.91 Å². The number of amides is 1. The summed E-state index contributed by atoms with van der Waals surface area (Å²) in [6, 6.07) is 10.3. The molecule has 1 N–H and O–H groups in total. The third-order valence-corrected chi connectivity index (χ3v) is 6.89. The molecule has 2 aromatic rings. The zero-order valence-corrected chi connectivity index (χ0v) is 19.7. The van der Waals surface area contributed by atoms with Gasteiger partial charge in [-0.15, -0.1) is 11.3 Å². The number of ketones is 1. The molecule has 176 valence electrons. The lowest BCUT2D eigenvalue weighted by Crippen LogP contribution is -2.43. The van der Waals surface area contributed by atoms with Crippen molar-refractivity contribution in [2.45, 2.75) is 25.8 Å². The highest BCUT2D eigenvalue weighted by molar-refractivity contribution is 7.12. The molecule has 0 spiro atoms. The normalized spacial score (nSPS) is 19.4. The van der Waals surface area contributed by atoms with Gasteiger partial charge in [0.1, 0.15) is 5.75 Å². The van der Waals surface area contributed by atoms with Crippen LogP contribution in [0.4, 0.5) is 0 Å². The SMILES string of the molecule is CCCCOc1ccc([C@@H]2C(C(=O)c3cccs3)=C(O)C(=O)N2CCN2CCOCC2)cc1. The summed E-state index contributed by atoms with van der Waals surface area (Å²) in [5, 5.41) is 12.6. The Morgan fingerprint density at radius 1 is 1.18 bits per heavy atom. The van der Waals surface area contributed by atoms with Crippen molar-refractivity contribution in [3.8, 4) is 5.75 Å². The Labute approximate surface area is 198 Å². The molecule has 2 aliphatic rings. The zero-order chi connectivity index (χ0) is 23.2. The molecular formula is C25H30N2O5S. The van der Waals surface area contributed by atoms with E-state index in [1.165, 1.54) is 11.3 Å². The maximum Gasteiger partial charge on any atom is 0.290 e. The maximum absolute atomic E-state index is 13.3. The Morgan fingerprint density at radius 2 is 1.94 bits per heavy atom. The van der Waals surface area contributed by atoms with E-state index in [-0.39, 0.29) is 11.4 Å². The van der Waals surface area contributed by atoms with Crippen molar-refractivity contribution in [2.75, 3.05) is 46.0 Å². The summed E-state index contributed by atoms with van der Waals surface area (Å²) in [6.07, 6.45) is 2.03. The van der Waals surface area contributed by atoms with Crippen LogP contribution in [0.15, 0.2) is 53.1 Å². The molecule has 0 unspecified atom stereocenters. The molecule has 4 rings (SSSR count).